The lowest BCUT2D eigenvalue weighted by atomic mass is 10.0. The Morgan fingerprint density at radius 1 is 1.19 bits per heavy atom. The smallest absolute Gasteiger partial charge is 0.319 e. The first-order valence-electron chi connectivity index (χ1n) is 9.53. The molecule has 6 nitrogen and oxygen atoms in total. The number of hydrogen-bond acceptors (Lipinski definition) is 4. The van der Waals surface area contributed by atoms with E-state index in [2.05, 4.69) is 51.6 Å². The summed E-state index contributed by atoms with van der Waals surface area (Å²) in [5.41, 5.74) is 1.85. The molecule has 1 saturated heterocycles. The van der Waals surface area contributed by atoms with Crippen molar-refractivity contribution in [1.82, 2.24) is 20.1 Å². The molecule has 2 amide bonds. The number of carbonyl (C=O) groups is 1. The second-order valence-electron chi connectivity index (χ2n) is 7.27. The first-order valence-corrected chi connectivity index (χ1v) is 9.53. The fourth-order valence-corrected chi connectivity index (χ4v) is 3.55. The molecule has 0 aliphatic carbocycles. The van der Waals surface area contributed by atoms with Gasteiger partial charge in [0.1, 0.15) is 0 Å². The van der Waals surface area contributed by atoms with E-state index in [0.29, 0.717) is 6.04 Å². The molecule has 3 rings (SSSR count). The Morgan fingerprint density at radius 2 is 1.85 bits per heavy atom. The van der Waals surface area contributed by atoms with Gasteiger partial charge < -0.3 is 20.4 Å². The third kappa shape index (κ3) is 5.77. The molecule has 0 saturated carbocycles. The van der Waals surface area contributed by atoms with Gasteiger partial charge in [0.15, 0.2) is 0 Å². The second kappa shape index (κ2) is 9.48. The van der Waals surface area contributed by atoms with Crippen molar-refractivity contribution in [1.29, 1.82) is 0 Å². The van der Waals surface area contributed by atoms with E-state index in [0.717, 1.165) is 43.7 Å². The molecule has 27 heavy (non-hydrogen) atoms. The van der Waals surface area contributed by atoms with E-state index in [-0.39, 0.29) is 12.1 Å². The standard InChI is InChI=1S/C21H29N5O/c1-25-14-10-19(11-15-25)26(2)16-20(17-6-4-3-5-7-17)24-21(27)23-18-8-12-22-13-9-18/h3-9,12-13,19-20H,10-11,14-16H2,1-2H3,(H2,22,23,24,27). The molecule has 0 bridgehead atoms. The fourth-order valence-electron chi connectivity index (χ4n) is 3.55. The topological polar surface area (TPSA) is 60.5 Å². The molecule has 1 atom stereocenters. The van der Waals surface area contributed by atoms with Gasteiger partial charge in [0, 0.05) is 30.7 Å². The lowest BCUT2D eigenvalue weighted by Gasteiger charge is -2.37. The summed E-state index contributed by atoms with van der Waals surface area (Å²) in [5.74, 6) is 0. The van der Waals surface area contributed by atoms with E-state index in [9.17, 15) is 4.79 Å². The van der Waals surface area contributed by atoms with Crippen LogP contribution in [0, 0.1) is 0 Å². The number of piperidine rings is 1. The Hall–Kier alpha value is -2.44. The molecule has 2 N–H and O–H groups in total. The highest BCUT2D eigenvalue weighted by atomic mass is 16.2. The van der Waals surface area contributed by atoms with Crippen molar-refractivity contribution in [2.45, 2.75) is 24.9 Å². The van der Waals surface area contributed by atoms with E-state index in [1.807, 2.05) is 18.2 Å². The number of hydrogen-bond donors (Lipinski definition) is 2. The molecular formula is C21H29N5O. The summed E-state index contributed by atoms with van der Waals surface area (Å²) in [6.07, 6.45) is 5.66. The highest BCUT2D eigenvalue weighted by Gasteiger charge is 2.24. The van der Waals surface area contributed by atoms with E-state index in [1.165, 1.54) is 0 Å². The van der Waals surface area contributed by atoms with Gasteiger partial charge in [-0.2, -0.15) is 0 Å². The van der Waals surface area contributed by atoms with Crippen LogP contribution in [0.25, 0.3) is 0 Å². The molecule has 6 heteroatoms. The number of likely N-dealkylation sites (tertiary alicyclic amines) is 1. The molecule has 1 aromatic carbocycles. The summed E-state index contributed by atoms with van der Waals surface area (Å²) in [6.45, 7) is 3.03. The number of amides is 2. The zero-order chi connectivity index (χ0) is 19.1. The number of likely N-dealkylation sites (N-methyl/N-ethyl adjacent to an activating group) is 1. The summed E-state index contributed by atoms with van der Waals surface area (Å²) in [6, 6.07) is 14.0. The monoisotopic (exact) mass is 367 g/mol. The predicted molar refractivity (Wildman–Crippen MR) is 109 cm³/mol. The Labute approximate surface area is 161 Å². The van der Waals surface area contributed by atoms with Gasteiger partial charge in [0.2, 0.25) is 0 Å². The Kier molecular flexibility index (Phi) is 6.79. The second-order valence-corrected chi connectivity index (χ2v) is 7.27. The van der Waals surface area contributed by atoms with Gasteiger partial charge in [-0.1, -0.05) is 30.3 Å². The largest absolute Gasteiger partial charge is 0.330 e. The van der Waals surface area contributed by atoms with Crippen molar-refractivity contribution in [3.8, 4) is 0 Å². The van der Waals surface area contributed by atoms with Gasteiger partial charge in [0.05, 0.1) is 6.04 Å². The zero-order valence-corrected chi connectivity index (χ0v) is 16.1. The van der Waals surface area contributed by atoms with E-state index in [4.69, 9.17) is 0 Å². The third-order valence-electron chi connectivity index (χ3n) is 5.23. The fraction of sp³-hybridized carbons (Fsp3) is 0.429. The molecule has 0 radical (unpaired) electrons. The molecule has 1 fully saturated rings. The maximum absolute atomic E-state index is 12.5. The molecule has 1 aliphatic rings. The summed E-state index contributed by atoms with van der Waals surface area (Å²) in [7, 11) is 4.34. The normalized spacial score (nSPS) is 16.9. The summed E-state index contributed by atoms with van der Waals surface area (Å²) in [5, 5.41) is 6.02. The minimum Gasteiger partial charge on any atom is -0.330 e. The van der Waals surface area contributed by atoms with Crippen molar-refractivity contribution in [3.05, 3.63) is 60.4 Å². The van der Waals surface area contributed by atoms with E-state index in [1.54, 1.807) is 24.5 Å². The first-order chi connectivity index (χ1) is 13.1. The maximum atomic E-state index is 12.5. The van der Waals surface area contributed by atoms with Gasteiger partial charge in [-0.25, -0.2) is 4.79 Å². The van der Waals surface area contributed by atoms with Gasteiger partial charge in [-0.05, 0) is 57.7 Å². The van der Waals surface area contributed by atoms with Crippen LogP contribution in [0.5, 0.6) is 0 Å². The minimum absolute atomic E-state index is 0.0716. The average molecular weight is 367 g/mol. The van der Waals surface area contributed by atoms with Crippen LogP contribution in [-0.2, 0) is 0 Å². The summed E-state index contributed by atoms with van der Waals surface area (Å²) in [4.78, 5) is 21.3. The van der Waals surface area contributed by atoms with Gasteiger partial charge in [-0.15, -0.1) is 0 Å². The molecule has 1 aromatic heterocycles. The summed E-state index contributed by atoms with van der Waals surface area (Å²) >= 11 is 0. The Morgan fingerprint density at radius 3 is 2.52 bits per heavy atom. The molecule has 0 spiro atoms. The van der Waals surface area contributed by atoms with E-state index >= 15 is 0 Å². The van der Waals surface area contributed by atoms with E-state index < -0.39 is 0 Å². The lowest BCUT2D eigenvalue weighted by Crippen LogP contribution is -2.46. The van der Waals surface area contributed by atoms with Crippen molar-refractivity contribution < 1.29 is 4.79 Å². The predicted octanol–water partition coefficient (Wildman–Crippen LogP) is 2.97. The van der Waals surface area contributed by atoms with Gasteiger partial charge >= 0.3 is 6.03 Å². The van der Waals surface area contributed by atoms with Gasteiger partial charge in [-0.3, -0.25) is 4.98 Å². The quantitative estimate of drug-likeness (QED) is 0.824. The van der Waals surface area contributed by atoms with Crippen molar-refractivity contribution >= 4 is 11.7 Å². The number of nitrogens with zero attached hydrogens (tertiary/aromatic N) is 3. The van der Waals surface area contributed by atoms with Crippen LogP contribution in [0.1, 0.15) is 24.4 Å². The number of nitrogens with one attached hydrogen (secondary N) is 2. The average Bonchev–Trinajstić information content (AvgIpc) is 2.69. The molecular weight excluding hydrogens is 338 g/mol. The Bertz CT molecular complexity index is 701. The molecule has 2 heterocycles. The minimum atomic E-state index is -0.202. The molecule has 1 aliphatic heterocycles. The van der Waals surface area contributed by atoms with Crippen LogP contribution in [0.15, 0.2) is 54.9 Å². The van der Waals surface area contributed by atoms with Crippen LogP contribution in [-0.4, -0.2) is 60.6 Å². The van der Waals surface area contributed by atoms with Gasteiger partial charge in [0.25, 0.3) is 0 Å². The maximum Gasteiger partial charge on any atom is 0.319 e. The van der Waals surface area contributed by atoms with Crippen LogP contribution >= 0.6 is 0 Å². The van der Waals surface area contributed by atoms with Crippen LogP contribution < -0.4 is 10.6 Å². The number of benzene rings is 1. The van der Waals surface area contributed by atoms with Crippen molar-refractivity contribution in [3.63, 3.8) is 0 Å². The third-order valence-corrected chi connectivity index (χ3v) is 5.23. The van der Waals surface area contributed by atoms with Crippen LogP contribution in [0.3, 0.4) is 0 Å². The Balaban J connectivity index is 1.65. The molecule has 144 valence electrons. The van der Waals surface area contributed by atoms with Crippen LogP contribution in [0.2, 0.25) is 0 Å². The highest BCUT2D eigenvalue weighted by Crippen LogP contribution is 2.19. The number of rotatable bonds is 6. The van der Waals surface area contributed by atoms with Crippen molar-refractivity contribution in [2.24, 2.45) is 0 Å². The van der Waals surface area contributed by atoms with Crippen LogP contribution in [0.4, 0.5) is 10.5 Å². The first kappa shape index (κ1) is 19.3. The number of urea groups is 1. The highest BCUT2D eigenvalue weighted by molar-refractivity contribution is 5.89. The number of carbonyl (C=O) groups excluding carboxylic acids is 1. The summed E-state index contributed by atoms with van der Waals surface area (Å²) < 4.78 is 0. The molecule has 1 unspecified atom stereocenters. The number of aromatic nitrogens is 1. The SMILES string of the molecule is CN1CCC(N(C)CC(NC(=O)Nc2ccncc2)c2ccccc2)CC1. The number of pyridine rings is 1. The number of anilines is 1. The molecule has 2 aromatic rings. The van der Waals surface area contributed by atoms with Crippen molar-refractivity contribution in [2.75, 3.05) is 39.0 Å². The lowest BCUT2D eigenvalue weighted by molar-refractivity contribution is 0.135. The zero-order valence-electron chi connectivity index (χ0n) is 16.1.